The van der Waals surface area contributed by atoms with Gasteiger partial charge in [0.1, 0.15) is 0 Å². The number of esters is 1. The molecule has 0 saturated heterocycles. The predicted molar refractivity (Wildman–Crippen MR) is 50.4 cm³/mol. The van der Waals surface area contributed by atoms with E-state index >= 15 is 0 Å². The van der Waals surface area contributed by atoms with Crippen molar-refractivity contribution in [2.45, 2.75) is 52.1 Å². The van der Waals surface area contributed by atoms with Gasteiger partial charge >= 0.3 is 5.97 Å². The van der Waals surface area contributed by atoms with E-state index in [2.05, 4.69) is 0 Å². The molecule has 0 amide bonds. The first-order valence-electron chi connectivity index (χ1n) is 4.76. The van der Waals surface area contributed by atoms with Crippen LogP contribution in [0.3, 0.4) is 0 Å². The van der Waals surface area contributed by atoms with Gasteiger partial charge in [-0.25, -0.2) is 0 Å². The lowest BCUT2D eigenvalue weighted by atomic mass is 9.95. The fraction of sp³-hybridized carbons (Fsp3) is 0.800. The quantitative estimate of drug-likeness (QED) is 0.471. The minimum atomic E-state index is -0.873. The normalized spacial score (nSPS) is 14.7. The summed E-state index contributed by atoms with van der Waals surface area (Å²) in [7, 11) is 0. The van der Waals surface area contributed by atoms with Crippen LogP contribution in [0.2, 0.25) is 0 Å². The fourth-order valence-corrected chi connectivity index (χ4v) is 1.23. The van der Waals surface area contributed by atoms with E-state index in [0.717, 1.165) is 19.1 Å². The molecule has 3 nitrogen and oxygen atoms in total. The molecule has 0 aliphatic heterocycles. The maximum absolute atomic E-state index is 10.8. The smallest absolute Gasteiger partial charge is 0.303 e. The van der Waals surface area contributed by atoms with E-state index in [0.29, 0.717) is 12.8 Å². The fourth-order valence-electron chi connectivity index (χ4n) is 1.23. The monoisotopic (exact) mass is 186 g/mol. The molecule has 0 heterocycles. The lowest BCUT2D eigenvalue weighted by Gasteiger charge is -2.25. The molecule has 0 aliphatic carbocycles. The molecular formula is C10H18O3. The van der Waals surface area contributed by atoms with E-state index in [1.807, 2.05) is 13.8 Å². The third-order valence-electron chi connectivity index (χ3n) is 2.11. The Balaban J connectivity index is 4.30. The summed E-state index contributed by atoms with van der Waals surface area (Å²) < 4.78 is 5.03. The van der Waals surface area contributed by atoms with E-state index in [1.54, 1.807) is 0 Å². The molecule has 1 unspecified atom stereocenters. The first kappa shape index (κ1) is 12.1. The van der Waals surface area contributed by atoms with Crippen molar-refractivity contribution in [3.63, 3.8) is 0 Å². The van der Waals surface area contributed by atoms with Gasteiger partial charge in [-0.1, -0.05) is 20.3 Å². The summed E-state index contributed by atoms with van der Waals surface area (Å²) in [5, 5.41) is 0. The molecule has 3 heteroatoms. The third kappa shape index (κ3) is 4.06. The van der Waals surface area contributed by atoms with Gasteiger partial charge in [-0.2, -0.15) is 0 Å². The van der Waals surface area contributed by atoms with E-state index in [1.165, 1.54) is 6.92 Å². The molecule has 13 heavy (non-hydrogen) atoms. The Hall–Kier alpha value is -0.860. The molecule has 0 aromatic carbocycles. The van der Waals surface area contributed by atoms with Crippen molar-refractivity contribution in [2.75, 3.05) is 0 Å². The molecule has 0 spiro atoms. The summed E-state index contributed by atoms with van der Waals surface area (Å²) in [5.41, 5.74) is -0.873. The lowest BCUT2D eigenvalue weighted by Crippen LogP contribution is -2.35. The van der Waals surface area contributed by atoms with E-state index in [9.17, 15) is 9.59 Å². The highest BCUT2D eigenvalue weighted by molar-refractivity contribution is 5.72. The maximum Gasteiger partial charge on any atom is 0.303 e. The van der Waals surface area contributed by atoms with Crippen LogP contribution in [0.15, 0.2) is 0 Å². The third-order valence-corrected chi connectivity index (χ3v) is 2.11. The van der Waals surface area contributed by atoms with Gasteiger partial charge < -0.3 is 4.74 Å². The van der Waals surface area contributed by atoms with Crippen LogP contribution in [0.25, 0.3) is 0 Å². The molecule has 0 aromatic rings. The van der Waals surface area contributed by atoms with Gasteiger partial charge in [-0.3, -0.25) is 9.59 Å². The first-order valence-corrected chi connectivity index (χ1v) is 4.76. The highest BCUT2D eigenvalue weighted by Crippen LogP contribution is 2.21. The zero-order valence-electron chi connectivity index (χ0n) is 8.63. The van der Waals surface area contributed by atoms with Crippen LogP contribution >= 0.6 is 0 Å². The predicted octanol–water partition coefficient (Wildman–Crippen LogP) is 2.09. The minimum absolute atomic E-state index is 0.384. The Bertz CT molecular complexity index is 177. The molecule has 0 aliphatic rings. The van der Waals surface area contributed by atoms with Gasteiger partial charge in [0.15, 0.2) is 11.9 Å². The number of aldehydes is 1. The Morgan fingerprint density at radius 1 is 1.46 bits per heavy atom. The number of carbonyl (C=O) groups excluding carboxylic acids is 2. The summed E-state index contributed by atoms with van der Waals surface area (Å²) in [5.74, 6) is -0.384. The zero-order valence-corrected chi connectivity index (χ0v) is 8.63. The topological polar surface area (TPSA) is 43.4 Å². The van der Waals surface area contributed by atoms with Gasteiger partial charge in [0.2, 0.25) is 0 Å². The Kier molecular flexibility index (Phi) is 5.35. The van der Waals surface area contributed by atoms with E-state index in [4.69, 9.17) is 4.74 Å². The molecular weight excluding hydrogens is 168 g/mol. The summed E-state index contributed by atoms with van der Waals surface area (Å²) in [6.07, 6.45) is 3.83. The Morgan fingerprint density at radius 2 is 2.08 bits per heavy atom. The second-order valence-corrected chi connectivity index (χ2v) is 3.23. The van der Waals surface area contributed by atoms with Crippen molar-refractivity contribution in [3.8, 4) is 0 Å². The molecule has 0 N–H and O–H groups in total. The second-order valence-electron chi connectivity index (χ2n) is 3.23. The van der Waals surface area contributed by atoms with E-state index in [-0.39, 0.29) is 5.97 Å². The average molecular weight is 186 g/mol. The van der Waals surface area contributed by atoms with Crippen molar-refractivity contribution >= 4 is 12.3 Å². The molecule has 0 rings (SSSR count). The summed E-state index contributed by atoms with van der Waals surface area (Å²) >= 11 is 0. The SMILES string of the molecule is CCCCC(C=O)(CC)OC(C)=O. The van der Waals surface area contributed by atoms with Gasteiger partial charge in [0, 0.05) is 6.92 Å². The number of ether oxygens (including phenoxy) is 1. The van der Waals surface area contributed by atoms with Gasteiger partial charge in [-0.05, 0) is 19.3 Å². The Labute approximate surface area is 79.5 Å². The summed E-state index contributed by atoms with van der Waals surface area (Å²) in [6.45, 7) is 5.23. The van der Waals surface area contributed by atoms with Crippen LogP contribution in [0.1, 0.15) is 46.5 Å². The van der Waals surface area contributed by atoms with Crippen LogP contribution in [-0.2, 0) is 14.3 Å². The van der Waals surface area contributed by atoms with Crippen LogP contribution in [-0.4, -0.2) is 17.9 Å². The number of hydrogen-bond acceptors (Lipinski definition) is 3. The standard InChI is InChI=1S/C10H18O3/c1-4-6-7-10(5-2,8-11)13-9(3)12/h8H,4-7H2,1-3H3. The lowest BCUT2D eigenvalue weighted by molar-refractivity contribution is -0.161. The molecule has 76 valence electrons. The van der Waals surface area contributed by atoms with Crippen molar-refractivity contribution in [3.05, 3.63) is 0 Å². The zero-order chi connectivity index (χ0) is 10.3. The van der Waals surface area contributed by atoms with E-state index < -0.39 is 5.60 Å². The van der Waals surface area contributed by atoms with Crippen molar-refractivity contribution in [1.82, 2.24) is 0 Å². The van der Waals surface area contributed by atoms with Crippen molar-refractivity contribution in [1.29, 1.82) is 0 Å². The van der Waals surface area contributed by atoms with Crippen LogP contribution in [0.4, 0.5) is 0 Å². The first-order chi connectivity index (χ1) is 6.10. The largest absolute Gasteiger partial charge is 0.452 e. The van der Waals surface area contributed by atoms with Crippen molar-refractivity contribution in [2.24, 2.45) is 0 Å². The molecule has 0 fully saturated rings. The van der Waals surface area contributed by atoms with Gasteiger partial charge in [-0.15, -0.1) is 0 Å². The highest BCUT2D eigenvalue weighted by Gasteiger charge is 2.30. The number of carbonyl (C=O) groups is 2. The number of hydrogen-bond donors (Lipinski definition) is 0. The molecule has 1 atom stereocenters. The van der Waals surface area contributed by atoms with Crippen LogP contribution < -0.4 is 0 Å². The maximum atomic E-state index is 10.8. The summed E-state index contributed by atoms with van der Waals surface area (Å²) in [6, 6.07) is 0. The molecule has 0 aromatic heterocycles. The minimum Gasteiger partial charge on any atom is -0.452 e. The molecule has 0 bridgehead atoms. The number of rotatable bonds is 6. The number of unbranched alkanes of at least 4 members (excludes halogenated alkanes) is 1. The van der Waals surface area contributed by atoms with Gasteiger partial charge in [0.05, 0.1) is 0 Å². The molecule has 0 radical (unpaired) electrons. The summed E-state index contributed by atoms with van der Waals surface area (Å²) in [4.78, 5) is 21.6. The highest BCUT2D eigenvalue weighted by atomic mass is 16.6. The van der Waals surface area contributed by atoms with Crippen LogP contribution in [0.5, 0.6) is 0 Å². The van der Waals surface area contributed by atoms with Crippen molar-refractivity contribution < 1.29 is 14.3 Å². The van der Waals surface area contributed by atoms with Crippen LogP contribution in [0, 0.1) is 0 Å². The Morgan fingerprint density at radius 3 is 2.38 bits per heavy atom. The average Bonchev–Trinajstić information content (AvgIpc) is 2.12. The van der Waals surface area contributed by atoms with Gasteiger partial charge in [0.25, 0.3) is 0 Å². The second kappa shape index (κ2) is 5.73. The molecule has 0 saturated carbocycles.